The van der Waals surface area contributed by atoms with Crippen molar-refractivity contribution in [2.24, 2.45) is 5.73 Å². The predicted molar refractivity (Wildman–Crippen MR) is 143 cm³/mol. The van der Waals surface area contributed by atoms with E-state index in [9.17, 15) is 18.8 Å². The number of halogens is 1. The van der Waals surface area contributed by atoms with Gasteiger partial charge in [0.15, 0.2) is 0 Å². The minimum absolute atomic E-state index is 0.0522. The van der Waals surface area contributed by atoms with Gasteiger partial charge in [-0.2, -0.15) is 14.9 Å². The number of anilines is 1. The molecule has 208 valence electrons. The summed E-state index contributed by atoms with van der Waals surface area (Å²) in [5, 5.41) is 11.1. The van der Waals surface area contributed by atoms with Gasteiger partial charge in [0.1, 0.15) is 41.3 Å². The largest absolute Gasteiger partial charge is 0.496 e. The van der Waals surface area contributed by atoms with E-state index in [2.05, 4.69) is 20.5 Å². The highest BCUT2D eigenvalue weighted by Crippen LogP contribution is 2.29. The van der Waals surface area contributed by atoms with Gasteiger partial charge < -0.3 is 26.4 Å². The molecule has 40 heavy (non-hydrogen) atoms. The smallest absolute Gasteiger partial charge is 0.345 e. The second-order valence-corrected chi connectivity index (χ2v) is 8.99. The van der Waals surface area contributed by atoms with Crippen LogP contribution in [0.2, 0.25) is 0 Å². The molecule has 4 aromatic rings. The normalized spacial score (nSPS) is 11.6. The Kier molecular flexibility index (Phi) is 8.07. The summed E-state index contributed by atoms with van der Waals surface area (Å²) >= 11 is 0. The van der Waals surface area contributed by atoms with Crippen molar-refractivity contribution < 1.29 is 23.5 Å². The van der Waals surface area contributed by atoms with Crippen LogP contribution in [-0.2, 0) is 6.54 Å². The second-order valence-electron chi connectivity index (χ2n) is 8.99. The van der Waals surface area contributed by atoms with E-state index in [1.165, 1.54) is 41.5 Å². The Morgan fingerprint density at radius 3 is 2.52 bits per heavy atom. The molecule has 13 nitrogen and oxygen atoms in total. The first kappa shape index (κ1) is 27.8. The number of nitrogens with two attached hydrogens (primary N) is 2. The monoisotopic (exact) mass is 549 g/mol. The molecule has 0 radical (unpaired) electrons. The lowest BCUT2D eigenvalue weighted by Gasteiger charge is -2.22. The lowest BCUT2D eigenvalue weighted by molar-refractivity contribution is 0.0946. The van der Waals surface area contributed by atoms with Crippen LogP contribution < -0.4 is 21.5 Å². The van der Waals surface area contributed by atoms with Crippen LogP contribution in [0.15, 0.2) is 55.1 Å². The predicted octanol–water partition coefficient (Wildman–Crippen LogP) is 2.06. The molecule has 0 saturated heterocycles. The summed E-state index contributed by atoms with van der Waals surface area (Å²) in [7, 11) is 2.99. The number of nitrogens with zero attached hydrogens (tertiary/aromatic N) is 6. The van der Waals surface area contributed by atoms with Gasteiger partial charge in [-0.1, -0.05) is 24.3 Å². The lowest BCUT2D eigenvalue weighted by Crippen LogP contribution is -2.36. The standard InChI is InChI=1S/C26H28FN9O4/c1-15(12-34(2)26(39)35-14-30-13-32-35)36-23(28)21(24(29)37)22(33-36)17-6-4-16(5-7-17)11-31-25(38)19-10-18(27)8-9-20(19)40-3/h4-10,13-15H,11-12,28H2,1-3H3,(H2,29,37)(H,31,38). The number of methoxy groups -OCH3 is 1. The number of hydrogen-bond donors (Lipinski definition) is 3. The number of amides is 3. The summed E-state index contributed by atoms with van der Waals surface area (Å²) in [6.45, 7) is 2.15. The SMILES string of the molecule is COc1ccc(F)cc1C(=O)NCc1ccc(-c2nn(C(C)CN(C)C(=O)n3cncn3)c(N)c2C(N)=O)cc1. The first-order valence-corrected chi connectivity index (χ1v) is 12.1. The molecule has 0 aliphatic heterocycles. The number of primary amides is 1. The maximum absolute atomic E-state index is 13.6. The van der Waals surface area contributed by atoms with Crippen LogP contribution in [0.25, 0.3) is 11.3 Å². The van der Waals surface area contributed by atoms with Gasteiger partial charge in [-0.3, -0.25) is 9.59 Å². The number of benzene rings is 2. The molecule has 14 heteroatoms. The van der Waals surface area contributed by atoms with Crippen LogP contribution in [0.5, 0.6) is 5.75 Å². The highest BCUT2D eigenvalue weighted by Gasteiger charge is 2.25. The van der Waals surface area contributed by atoms with E-state index >= 15 is 0 Å². The van der Waals surface area contributed by atoms with Gasteiger partial charge in [-0.25, -0.2) is 18.9 Å². The van der Waals surface area contributed by atoms with E-state index in [-0.39, 0.29) is 41.5 Å². The van der Waals surface area contributed by atoms with Crippen LogP contribution in [0, 0.1) is 5.82 Å². The number of likely N-dealkylation sites (N-methyl/N-ethyl adjacent to an activating group) is 1. The molecule has 2 heterocycles. The van der Waals surface area contributed by atoms with E-state index in [1.54, 1.807) is 38.2 Å². The molecule has 0 aliphatic rings. The lowest BCUT2D eigenvalue weighted by atomic mass is 10.0. The van der Waals surface area contributed by atoms with Gasteiger partial charge in [0.2, 0.25) is 0 Å². The number of hydrogen-bond acceptors (Lipinski definition) is 8. The van der Waals surface area contributed by atoms with E-state index < -0.39 is 29.7 Å². The first-order chi connectivity index (χ1) is 19.1. The van der Waals surface area contributed by atoms with Crippen molar-refractivity contribution in [3.63, 3.8) is 0 Å². The van der Waals surface area contributed by atoms with Crippen LogP contribution in [-0.4, -0.2) is 68.0 Å². The zero-order valence-electron chi connectivity index (χ0n) is 22.0. The Labute approximate surface area is 228 Å². The number of aromatic nitrogens is 5. The van der Waals surface area contributed by atoms with E-state index in [4.69, 9.17) is 16.2 Å². The van der Waals surface area contributed by atoms with Gasteiger partial charge in [-0.15, -0.1) is 0 Å². The summed E-state index contributed by atoms with van der Waals surface area (Å²) in [4.78, 5) is 42.6. The van der Waals surface area contributed by atoms with E-state index in [0.717, 1.165) is 16.3 Å². The second kappa shape index (κ2) is 11.6. The van der Waals surface area contributed by atoms with Crippen molar-refractivity contribution in [1.29, 1.82) is 0 Å². The molecule has 0 spiro atoms. The van der Waals surface area contributed by atoms with Crippen LogP contribution in [0.3, 0.4) is 0 Å². The molecule has 2 aromatic heterocycles. The number of carbonyl (C=O) groups excluding carboxylic acids is 3. The summed E-state index contributed by atoms with van der Waals surface area (Å²) in [5.74, 6) is -1.48. The Balaban J connectivity index is 1.50. The zero-order chi connectivity index (χ0) is 29.0. The Morgan fingerprint density at radius 1 is 1.18 bits per heavy atom. The van der Waals surface area contributed by atoms with Crippen molar-refractivity contribution in [2.75, 3.05) is 26.4 Å². The third kappa shape index (κ3) is 5.75. The van der Waals surface area contributed by atoms with E-state index in [1.807, 2.05) is 0 Å². The van der Waals surface area contributed by atoms with Crippen molar-refractivity contribution in [3.8, 4) is 17.0 Å². The third-order valence-corrected chi connectivity index (χ3v) is 6.18. The molecule has 0 saturated carbocycles. The fraction of sp³-hybridized carbons (Fsp3) is 0.231. The van der Waals surface area contributed by atoms with Gasteiger partial charge in [-0.05, 0) is 30.7 Å². The molecule has 1 atom stereocenters. The molecule has 3 amide bonds. The van der Waals surface area contributed by atoms with Gasteiger partial charge >= 0.3 is 6.03 Å². The van der Waals surface area contributed by atoms with Gasteiger partial charge in [0, 0.05) is 25.7 Å². The Hall–Kier alpha value is -5.27. The summed E-state index contributed by atoms with van der Waals surface area (Å²) < 4.78 is 21.3. The van der Waals surface area contributed by atoms with Crippen LogP contribution >= 0.6 is 0 Å². The molecular formula is C26H28FN9O4. The van der Waals surface area contributed by atoms with Crippen molar-refractivity contribution >= 4 is 23.7 Å². The minimum Gasteiger partial charge on any atom is -0.496 e. The van der Waals surface area contributed by atoms with Gasteiger partial charge in [0.25, 0.3) is 11.8 Å². The number of carbonyl (C=O) groups is 3. The summed E-state index contributed by atoms with van der Waals surface area (Å²) in [6, 6.07) is 9.80. The molecule has 0 fully saturated rings. The average Bonchev–Trinajstić information content (AvgIpc) is 3.60. The molecule has 5 N–H and O–H groups in total. The molecule has 0 aliphatic carbocycles. The fourth-order valence-corrected chi connectivity index (χ4v) is 4.18. The minimum atomic E-state index is -0.752. The maximum Gasteiger partial charge on any atom is 0.345 e. The quantitative estimate of drug-likeness (QED) is 0.284. The Bertz CT molecular complexity index is 1530. The highest BCUT2D eigenvalue weighted by atomic mass is 19.1. The molecule has 0 bridgehead atoms. The first-order valence-electron chi connectivity index (χ1n) is 12.1. The van der Waals surface area contributed by atoms with Gasteiger partial charge in [0.05, 0.1) is 18.7 Å². The number of nitrogen functional groups attached to an aromatic ring is 1. The number of rotatable bonds is 9. The maximum atomic E-state index is 13.6. The number of ether oxygens (including phenoxy) is 1. The topological polar surface area (TPSA) is 176 Å². The third-order valence-electron chi connectivity index (χ3n) is 6.18. The van der Waals surface area contributed by atoms with Crippen LogP contribution in [0.4, 0.5) is 15.0 Å². The van der Waals surface area contributed by atoms with E-state index in [0.29, 0.717) is 5.56 Å². The average molecular weight is 550 g/mol. The zero-order valence-corrected chi connectivity index (χ0v) is 22.0. The molecule has 2 aromatic carbocycles. The Morgan fingerprint density at radius 2 is 1.90 bits per heavy atom. The molecular weight excluding hydrogens is 521 g/mol. The van der Waals surface area contributed by atoms with Crippen molar-refractivity contribution in [1.82, 2.24) is 34.8 Å². The van der Waals surface area contributed by atoms with Crippen molar-refractivity contribution in [2.45, 2.75) is 19.5 Å². The highest BCUT2D eigenvalue weighted by molar-refractivity contribution is 6.03. The molecule has 1 unspecified atom stereocenters. The fourth-order valence-electron chi connectivity index (χ4n) is 4.18. The van der Waals surface area contributed by atoms with Crippen molar-refractivity contribution in [3.05, 3.63) is 77.6 Å². The van der Waals surface area contributed by atoms with Crippen LogP contribution in [0.1, 0.15) is 39.2 Å². The summed E-state index contributed by atoms with van der Waals surface area (Å²) in [6.07, 6.45) is 2.55. The number of nitrogens with one attached hydrogen (secondary N) is 1. The summed E-state index contributed by atoms with van der Waals surface area (Å²) in [5.41, 5.74) is 13.6. The molecule has 4 rings (SSSR count).